The molecule has 1 N–H and O–H groups in total. The number of hydrogen-bond donors (Lipinski definition) is 1. The first-order valence-corrected chi connectivity index (χ1v) is 5.87. The lowest BCUT2D eigenvalue weighted by Crippen LogP contribution is -1.88. The van der Waals surface area contributed by atoms with E-state index in [1.165, 1.54) is 5.56 Å². The maximum Gasteiger partial charge on any atom is 0.109 e. The monoisotopic (exact) mass is 252 g/mol. The highest BCUT2D eigenvalue weighted by molar-refractivity contribution is 9.08. The molecule has 1 heterocycles. The fourth-order valence-corrected chi connectivity index (χ4v) is 1.78. The quantitative estimate of drug-likeness (QED) is 0.814. The first-order chi connectivity index (χ1) is 6.70. The van der Waals surface area contributed by atoms with Gasteiger partial charge in [0.05, 0.1) is 11.0 Å². The Morgan fingerprint density at radius 3 is 2.86 bits per heavy atom. The van der Waals surface area contributed by atoms with Gasteiger partial charge in [0.15, 0.2) is 0 Å². The van der Waals surface area contributed by atoms with Gasteiger partial charge in [-0.3, -0.25) is 0 Å². The molecule has 2 nitrogen and oxygen atoms in total. The van der Waals surface area contributed by atoms with Crippen LogP contribution in [0.3, 0.4) is 0 Å². The van der Waals surface area contributed by atoms with Crippen molar-refractivity contribution in [3.8, 4) is 0 Å². The number of aromatic amines is 1. The minimum absolute atomic E-state index is 0.454. The molecule has 1 aromatic heterocycles. The summed E-state index contributed by atoms with van der Waals surface area (Å²) in [4.78, 5) is 7.85. The number of rotatable bonds is 2. The van der Waals surface area contributed by atoms with Gasteiger partial charge in [-0.05, 0) is 17.7 Å². The van der Waals surface area contributed by atoms with Crippen LogP contribution in [-0.4, -0.2) is 9.97 Å². The Morgan fingerprint density at radius 1 is 1.43 bits per heavy atom. The Bertz CT molecular complexity index is 445. The van der Waals surface area contributed by atoms with E-state index in [4.69, 9.17) is 0 Å². The zero-order valence-electron chi connectivity index (χ0n) is 8.34. The van der Waals surface area contributed by atoms with Crippen molar-refractivity contribution in [2.75, 3.05) is 0 Å². The minimum atomic E-state index is 0.454. The average molecular weight is 253 g/mol. The standard InChI is InChI=1S/C11H13BrN2/c1-7(2)11-13-9-4-3-8(6-12)5-10(9)14-11/h3-5,7H,6H2,1-2H3,(H,13,14). The number of hydrogen-bond acceptors (Lipinski definition) is 1. The van der Waals surface area contributed by atoms with Crippen LogP contribution < -0.4 is 0 Å². The Labute approximate surface area is 91.9 Å². The number of halogens is 1. The van der Waals surface area contributed by atoms with Crippen molar-refractivity contribution < 1.29 is 0 Å². The molecule has 2 rings (SSSR count). The topological polar surface area (TPSA) is 28.7 Å². The second-order valence-corrected chi connectivity index (χ2v) is 4.32. The summed E-state index contributed by atoms with van der Waals surface area (Å²) >= 11 is 3.44. The van der Waals surface area contributed by atoms with Gasteiger partial charge in [-0.1, -0.05) is 35.8 Å². The molecule has 74 valence electrons. The lowest BCUT2D eigenvalue weighted by atomic mass is 10.2. The van der Waals surface area contributed by atoms with E-state index in [9.17, 15) is 0 Å². The molecule has 1 aromatic carbocycles. The fraction of sp³-hybridized carbons (Fsp3) is 0.364. The van der Waals surface area contributed by atoms with Crippen LogP contribution in [0, 0.1) is 0 Å². The van der Waals surface area contributed by atoms with E-state index in [1.807, 2.05) is 0 Å². The Balaban J connectivity index is 2.54. The molecule has 0 fully saturated rings. The molecule has 0 bridgehead atoms. The van der Waals surface area contributed by atoms with Gasteiger partial charge in [0.1, 0.15) is 5.82 Å². The minimum Gasteiger partial charge on any atom is -0.342 e. The van der Waals surface area contributed by atoms with Crippen LogP contribution in [0.2, 0.25) is 0 Å². The molecule has 2 aromatic rings. The summed E-state index contributed by atoms with van der Waals surface area (Å²) in [5, 5.41) is 0.888. The van der Waals surface area contributed by atoms with E-state index in [0.717, 1.165) is 22.2 Å². The van der Waals surface area contributed by atoms with Crippen LogP contribution in [0.4, 0.5) is 0 Å². The summed E-state index contributed by atoms with van der Waals surface area (Å²) < 4.78 is 0. The number of benzene rings is 1. The first kappa shape index (κ1) is 9.71. The van der Waals surface area contributed by atoms with Gasteiger partial charge in [0.2, 0.25) is 0 Å². The summed E-state index contributed by atoms with van der Waals surface area (Å²) in [7, 11) is 0. The highest BCUT2D eigenvalue weighted by Crippen LogP contribution is 2.19. The SMILES string of the molecule is CC(C)c1nc2ccc(CBr)cc2[nH]1. The van der Waals surface area contributed by atoms with E-state index in [2.05, 4.69) is 57.9 Å². The molecule has 14 heavy (non-hydrogen) atoms. The number of H-pyrrole nitrogens is 1. The highest BCUT2D eigenvalue weighted by atomic mass is 79.9. The number of fused-ring (bicyclic) bond motifs is 1. The highest BCUT2D eigenvalue weighted by Gasteiger charge is 2.05. The van der Waals surface area contributed by atoms with E-state index in [1.54, 1.807) is 0 Å². The van der Waals surface area contributed by atoms with Crippen LogP contribution in [0.15, 0.2) is 18.2 Å². The van der Waals surface area contributed by atoms with Crippen molar-refractivity contribution in [2.45, 2.75) is 25.1 Å². The van der Waals surface area contributed by atoms with E-state index in [0.29, 0.717) is 5.92 Å². The van der Waals surface area contributed by atoms with Crippen molar-refractivity contribution in [1.82, 2.24) is 9.97 Å². The van der Waals surface area contributed by atoms with Crippen LogP contribution in [0.25, 0.3) is 11.0 Å². The molecular weight excluding hydrogens is 240 g/mol. The second kappa shape index (κ2) is 3.73. The zero-order valence-corrected chi connectivity index (χ0v) is 9.93. The summed E-state index contributed by atoms with van der Waals surface area (Å²) in [5.74, 6) is 1.52. The van der Waals surface area contributed by atoms with Crippen LogP contribution in [0.1, 0.15) is 31.2 Å². The normalized spacial score (nSPS) is 11.4. The smallest absolute Gasteiger partial charge is 0.109 e. The largest absolute Gasteiger partial charge is 0.342 e. The maximum atomic E-state index is 4.52. The molecule has 0 saturated heterocycles. The third kappa shape index (κ3) is 1.69. The van der Waals surface area contributed by atoms with Gasteiger partial charge in [0, 0.05) is 11.2 Å². The molecule has 0 spiro atoms. The zero-order chi connectivity index (χ0) is 10.1. The van der Waals surface area contributed by atoms with Crippen molar-refractivity contribution in [2.24, 2.45) is 0 Å². The number of nitrogens with one attached hydrogen (secondary N) is 1. The van der Waals surface area contributed by atoms with Gasteiger partial charge in [-0.25, -0.2) is 4.98 Å². The Hall–Kier alpha value is -0.830. The van der Waals surface area contributed by atoms with Gasteiger partial charge in [-0.2, -0.15) is 0 Å². The first-order valence-electron chi connectivity index (χ1n) is 4.75. The molecule has 0 aliphatic rings. The number of aromatic nitrogens is 2. The third-order valence-electron chi connectivity index (χ3n) is 2.27. The third-order valence-corrected chi connectivity index (χ3v) is 2.91. The fourth-order valence-electron chi connectivity index (χ4n) is 1.43. The van der Waals surface area contributed by atoms with E-state index < -0.39 is 0 Å². The lowest BCUT2D eigenvalue weighted by Gasteiger charge is -1.95. The summed E-state index contributed by atoms with van der Waals surface area (Å²) in [6.45, 7) is 4.28. The Kier molecular flexibility index (Phi) is 2.59. The van der Waals surface area contributed by atoms with Crippen molar-refractivity contribution in [3.05, 3.63) is 29.6 Å². The van der Waals surface area contributed by atoms with Crippen molar-refractivity contribution in [1.29, 1.82) is 0 Å². The number of imidazole rings is 1. The number of alkyl halides is 1. The maximum absolute atomic E-state index is 4.52. The Morgan fingerprint density at radius 2 is 2.21 bits per heavy atom. The van der Waals surface area contributed by atoms with Crippen LogP contribution in [0.5, 0.6) is 0 Å². The van der Waals surface area contributed by atoms with Gasteiger partial charge >= 0.3 is 0 Å². The van der Waals surface area contributed by atoms with E-state index in [-0.39, 0.29) is 0 Å². The van der Waals surface area contributed by atoms with Crippen LogP contribution >= 0.6 is 15.9 Å². The van der Waals surface area contributed by atoms with Crippen molar-refractivity contribution >= 4 is 27.0 Å². The average Bonchev–Trinajstić information content (AvgIpc) is 2.59. The number of nitrogens with zero attached hydrogens (tertiary/aromatic N) is 1. The second-order valence-electron chi connectivity index (χ2n) is 3.76. The predicted molar refractivity (Wildman–Crippen MR) is 62.8 cm³/mol. The molecular formula is C11H13BrN2. The molecule has 3 heteroatoms. The summed E-state index contributed by atoms with van der Waals surface area (Å²) in [6.07, 6.45) is 0. The van der Waals surface area contributed by atoms with Gasteiger partial charge in [0.25, 0.3) is 0 Å². The molecule has 0 atom stereocenters. The molecule has 0 radical (unpaired) electrons. The van der Waals surface area contributed by atoms with E-state index >= 15 is 0 Å². The molecule has 0 amide bonds. The van der Waals surface area contributed by atoms with Crippen LogP contribution in [-0.2, 0) is 5.33 Å². The van der Waals surface area contributed by atoms with Crippen molar-refractivity contribution in [3.63, 3.8) is 0 Å². The summed E-state index contributed by atoms with van der Waals surface area (Å²) in [6, 6.07) is 6.30. The van der Waals surface area contributed by atoms with Gasteiger partial charge in [-0.15, -0.1) is 0 Å². The molecule has 0 saturated carbocycles. The molecule has 0 unspecified atom stereocenters. The van der Waals surface area contributed by atoms with Gasteiger partial charge < -0.3 is 4.98 Å². The molecule has 0 aliphatic heterocycles. The predicted octanol–water partition coefficient (Wildman–Crippen LogP) is 3.58. The lowest BCUT2D eigenvalue weighted by molar-refractivity contribution is 0.799. The summed E-state index contributed by atoms with van der Waals surface area (Å²) in [5.41, 5.74) is 3.46. The molecule has 0 aliphatic carbocycles.